The van der Waals surface area contributed by atoms with E-state index in [0.717, 1.165) is 22.7 Å². The lowest BCUT2D eigenvalue weighted by atomic mass is 10.1. The number of nitrogens with one attached hydrogen (secondary N) is 1. The van der Waals surface area contributed by atoms with Gasteiger partial charge in [-0.05, 0) is 25.0 Å². The zero-order valence-electron chi connectivity index (χ0n) is 10.6. The first-order chi connectivity index (χ1) is 9.42. The molecule has 0 unspecified atom stereocenters. The minimum absolute atomic E-state index is 0.558. The number of hydrogen-bond acceptors (Lipinski definition) is 3. The van der Waals surface area contributed by atoms with Crippen molar-refractivity contribution in [1.82, 2.24) is 24.8 Å². The smallest absolute Gasteiger partial charge is 0.184 e. The first-order valence-corrected chi connectivity index (χ1v) is 6.77. The van der Waals surface area contributed by atoms with Gasteiger partial charge in [0, 0.05) is 12.1 Å². The maximum absolute atomic E-state index is 4.66. The molecular formula is C14H15N5. The van der Waals surface area contributed by atoms with Gasteiger partial charge in [0.1, 0.15) is 5.82 Å². The Kier molecular flexibility index (Phi) is 2.36. The molecule has 1 aliphatic carbocycles. The van der Waals surface area contributed by atoms with E-state index in [-0.39, 0.29) is 0 Å². The van der Waals surface area contributed by atoms with Crippen LogP contribution in [0.15, 0.2) is 30.6 Å². The van der Waals surface area contributed by atoms with Gasteiger partial charge in [0.15, 0.2) is 5.82 Å². The van der Waals surface area contributed by atoms with Gasteiger partial charge in [-0.3, -0.25) is 5.10 Å². The van der Waals surface area contributed by atoms with E-state index in [1.807, 2.05) is 35.1 Å². The Morgan fingerprint density at radius 3 is 3.00 bits per heavy atom. The molecule has 96 valence electrons. The molecule has 0 aliphatic heterocycles. The van der Waals surface area contributed by atoms with Crippen LogP contribution in [0.25, 0.3) is 16.9 Å². The van der Waals surface area contributed by atoms with Crippen molar-refractivity contribution in [3.05, 3.63) is 36.4 Å². The molecule has 0 saturated heterocycles. The Morgan fingerprint density at radius 1 is 1.21 bits per heavy atom. The van der Waals surface area contributed by atoms with Gasteiger partial charge in [0.2, 0.25) is 0 Å². The second-order valence-electron chi connectivity index (χ2n) is 5.11. The quantitative estimate of drug-likeness (QED) is 0.764. The predicted octanol–water partition coefficient (Wildman–Crippen LogP) is 2.78. The first-order valence-electron chi connectivity index (χ1n) is 6.77. The van der Waals surface area contributed by atoms with Crippen molar-refractivity contribution >= 4 is 5.52 Å². The monoisotopic (exact) mass is 253 g/mol. The van der Waals surface area contributed by atoms with E-state index in [2.05, 4.69) is 20.3 Å². The molecule has 5 heteroatoms. The first kappa shape index (κ1) is 10.7. The Labute approximate surface area is 110 Å². The lowest BCUT2D eigenvalue weighted by Gasteiger charge is -2.01. The van der Waals surface area contributed by atoms with Gasteiger partial charge in [-0.25, -0.2) is 9.50 Å². The molecular weight excluding hydrogens is 238 g/mol. The summed E-state index contributed by atoms with van der Waals surface area (Å²) in [5.74, 6) is 2.34. The molecule has 3 aromatic rings. The summed E-state index contributed by atoms with van der Waals surface area (Å²) in [4.78, 5) is 4.66. The van der Waals surface area contributed by atoms with Crippen LogP contribution in [0.1, 0.15) is 37.4 Å². The Balaban J connectivity index is 1.76. The number of pyridine rings is 1. The van der Waals surface area contributed by atoms with Crippen molar-refractivity contribution in [3.8, 4) is 11.4 Å². The van der Waals surface area contributed by atoms with Crippen molar-refractivity contribution in [2.75, 3.05) is 0 Å². The summed E-state index contributed by atoms with van der Waals surface area (Å²) < 4.78 is 1.85. The lowest BCUT2D eigenvalue weighted by Crippen LogP contribution is -1.94. The third-order valence-corrected chi connectivity index (χ3v) is 3.91. The molecule has 5 nitrogen and oxygen atoms in total. The van der Waals surface area contributed by atoms with Crippen molar-refractivity contribution in [2.24, 2.45) is 0 Å². The van der Waals surface area contributed by atoms with Crippen LogP contribution < -0.4 is 0 Å². The maximum atomic E-state index is 4.66. The zero-order chi connectivity index (χ0) is 12.7. The average molecular weight is 253 g/mol. The molecule has 1 aliphatic rings. The van der Waals surface area contributed by atoms with Gasteiger partial charge in [-0.15, -0.1) is 0 Å². The molecule has 4 rings (SSSR count). The molecule has 0 aromatic carbocycles. The number of fused-ring (bicyclic) bond motifs is 1. The van der Waals surface area contributed by atoms with E-state index in [0.29, 0.717) is 5.92 Å². The molecule has 0 amide bonds. The summed E-state index contributed by atoms with van der Waals surface area (Å²) in [6.07, 6.45) is 8.82. The van der Waals surface area contributed by atoms with Gasteiger partial charge in [-0.1, -0.05) is 18.9 Å². The standard InChI is InChI=1S/C14H15N5/c1-2-6-10(5-1)13-16-14(18-17-13)11-9-15-19-8-4-3-7-12(11)19/h3-4,7-10H,1-2,5-6H2,(H,16,17,18). The number of nitrogens with zero attached hydrogens (tertiary/aromatic N) is 4. The van der Waals surface area contributed by atoms with Gasteiger partial charge in [-0.2, -0.15) is 10.2 Å². The molecule has 0 radical (unpaired) electrons. The molecule has 19 heavy (non-hydrogen) atoms. The minimum atomic E-state index is 0.558. The van der Waals surface area contributed by atoms with Crippen LogP contribution in [0.3, 0.4) is 0 Å². The number of aromatic amines is 1. The van der Waals surface area contributed by atoms with Crippen LogP contribution in [-0.2, 0) is 0 Å². The second-order valence-corrected chi connectivity index (χ2v) is 5.11. The number of aromatic nitrogens is 5. The van der Waals surface area contributed by atoms with Gasteiger partial charge < -0.3 is 0 Å². The van der Waals surface area contributed by atoms with Crippen LogP contribution in [0.4, 0.5) is 0 Å². The molecule has 0 bridgehead atoms. The van der Waals surface area contributed by atoms with Crippen LogP contribution in [0.2, 0.25) is 0 Å². The summed E-state index contributed by atoms with van der Waals surface area (Å²) in [5, 5.41) is 11.8. The van der Waals surface area contributed by atoms with Crippen molar-refractivity contribution in [2.45, 2.75) is 31.6 Å². The van der Waals surface area contributed by atoms with Gasteiger partial charge in [0.05, 0.1) is 17.3 Å². The van der Waals surface area contributed by atoms with E-state index in [1.165, 1.54) is 25.7 Å². The summed E-state index contributed by atoms with van der Waals surface area (Å²) in [6.45, 7) is 0. The van der Waals surface area contributed by atoms with Crippen molar-refractivity contribution in [1.29, 1.82) is 0 Å². The minimum Gasteiger partial charge on any atom is -0.262 e. The Bertz CT molecular complexity index is 705. The fourth-order valence-electron chi connectivity index (χ4n) is 2.88. The Hall–Kier alpha value is -2.17. The summed E-state index contributed by atoms with van der Waals surface area (Å²) in [7, 11) is 0. The highest BCUT2D eigenvalue weighted by molar-refractivity contribution is 5.75. The molecule has 0 spiro atoms. The van der Waals surface area contributed by atoms with E-state index in [4.69, 9.17) is 0 Å². The Morgan fingerprint density at radius 2 is 2.11 bits per heavy atom. The van der Waals surface area contributed by atoms with Crippen LogP contribution in [0, 0.1) is 0 Å². The highest BCUT2D eigenvalue weighted by Gasteiger charge is 2.21. The molecule has 1 N–H and O–H groups in total. The topological polar surface area (TPSA) is 58.9 Å². The lowest BCUT2D eigenvalue weighted by molar-refractivity contribution is 0.672. The average Bonchev–Trinajstić information content (AvgIpc) is 3.18. The third-order valence-electron chi connectivity index (χ3n) is 3.91. The van der Waals surface area contributed by atoms with E-state index >= 15 is 0 Å². The summed E-state index contributed by atoms with van der Waals surface area (Å²) in [6, 6.07) is 6.00. The predicted molar refractivity (Wildman–Crippen MR) is 71.8 cm³/mol. The van der Waals surface area contributed by atoms with Crippen LogP contribution >= 0.6 is 0 Å². The van der Waals surface area contributed by atoms with Crippen LogP contribution in [0.5, 0.6) is 0 Å². The molecule has 1 fully saturated rings. The third kappa shape index (κ3) is 1.73. The zero-order valence-corrected chi connectivity index (χ0v) is 10.6. The molecule has 1 saturated carbocycles. The number of H-pyrrole nitrogens is 1. The van der Waals surface area contributed by atoms with Crippen molar-refractivity contribution < 1.29 is 0 Å². The van der Waals surface area contributed by atoms with Crippen LogP contribution in [-0.4, -0.2) is 24.8 Å². The van der Waals surface area contributed by atoms with Crippen molar-refractivity contribution in [3.63, 3.8) is 0 Å². The number of rotatable bonds is 2. The summed E-state index contributed by atoms with van der Waals surface area (Å²) in [5.41, 5.74) is 2.03. The molecule has 3 heterocycles. The van der Waals surface area contributed by atoms with Gasteiger partial charge in [0.25, 0.3) is 0 Å². The highest BCUT2D eigenvalue weighted by Crippen LogP contribution is 2.33. The van der Waals surface area contributed by atoms with E-state index in [1.54, 1.807) is 0 Å². The van der Waals surface area contributed by atoms with Gasteiger partial charge >= 0.3 is 0 Å². The molecule has 3 aromatic heterocycles. The highest BCUT2D eigenvalue weighted by atomic mass is 15.2. The van der Waals surface area contributed by atoms with E-state index < -0.39 is 0 Å². The fraction of sp³-hybridized carbons (Fsp3) is 0.357. The summed E-state index contributed by atoms with van der Waals surface area (Å²) >= 11 is 0. The SMILES string of the molecule is c1ccn2ncc(-c3n[nH]c(C4CCCC4)n3)c2c1. The second kappa shape index (κ2) is 4.19. The number of hydrogen-bond donors (Lipinski definition) is 1. The normalized spacial score (nSPS) is 16.4. The maximum Gasteiger partial charge on any atom is 0.184 e. The fourth-order valence-corrected chi connectivity index (χ4v) is 2.88. The van der Waals surface area contributed by atoms with E-state index in [9.17, 15) is 0 Å². The molecule has 0 atom stereocenters. The largest absolute Gasteiger partial charge is 0.262 e.